The van der Waals surface area contributed by atoms with Crippen molar-refractivity contribution in [1.29, 1.82) is 0 Å². The van der Waals surface area contributed by atoms with E-state index < -0.39 is 43.3 Å². The number of aliphatic hydroxyl groups excluding tert-OH is 4. The monoisotopic (exact) mass is 406 g/mol. The minimum absolute atomic E-state index is 0.0402. The lowest BCUT2D eigenvalue weighted by Crippen LogP contribution is -2.45. The molecule has 10 nitrogen and oxygen atoms in total. The molecule has 2 saturated heterocycles. The van der Waals surface area contributed by atoms with Crippen LogP contribution in [0.25, 0.3) is 0 Å². The Kier molecular flexibility index (Phi) is 8.29. The van der Waals surface area contributed by atoms with Gasteiger partial charge < -0.3 is 35.8 Å². The number of amides is 2. The van der Waals surface area contributed by atoms with Crippen molar-refractivity contribution >= 4 is 29.5 Å². The number of fused-ring (bicyclic) bond motifs is 1. The predicted octanol–water partition coefficient (Wildman–Crippen LogP) is -2.10. The molecule has 2 fully saturated rings. The van der Waals surface area contributed by atoms with Crippen LogP contribution < -0.4 is 10.6 Å². The number of unbranched alkanes of at least 4 members (excludes halogenated alkanes) is 1. The molecule has 0 saturated carbocycles. The van der Waals surface area contributed by atoms with Crippen molar-refractivity contribution in [2.24, 2.45) is 0 Å². The molecule has 154 valence electrons. The molecule has 0 unspecified atom stereocenters. The van der Waals surface area contributed by atoms with Crippen molar-refractivity contribution in [2.75, 3.05) is 19.0 Å². The third-order valence-electron chi connectivity index (χ3n) is 4.66. The summed E-state index contributed by atoms with van der Waals surface area (Å²) >= 11 is 1.78. The van der Waals surface area contributed by atoms with Gasteiger partial charge in [-0.05, 0) is 12.8 Å². The number of carbonyl (C=O) groups is 3. The van der Waals surface area contributed by atoms with Crippen LogP contribution in [0.3, 0.4) is 0 Å². The molecule has 0 spiro atoms. The number of carbonyl (C=O) groups excluding carboxylic acids is 3. The van der Waals surface area contributed by atoms with E-state index in [1.165, 1.54) is 0 Å². The predicted molar refractivity (Wildman–Crippen MR) is 95.0 cm³/mol. The Labute approximate surface area is 160 Å². The first kappa shape index (κ1) is 21.9. The second-order valence-electron chi connectivity index (χ2n) is 6.63. The molecule has 2 aliphatic rings. The SMILES string of the molecule is O=C1N[C@H]2[C@H](CS[C@H]2CCCCC(=O)O[C@H](CO)C(=O)[C@H](O)[C@H](O)CO)N1. The van der Waals surface area contributed by atoms with Crippen molar-refractivity contribution in [3.8, 4) is 0 Å². The summed E-state index contributed by atoms with van der Waals surface area (Å²) in [6.45, 7) is -1.66. The normalized spacial score (nSPS) is 27.3. The van der Waals surface area contributed by atoms with Gasteiger partial charge in [0.05, 0.1) is 25.3 Å². The highest BCUT2D eigenvalue weighted by molar-refractivity contribution is 8.00. The molecule has 0 aromatic heterocycles. The highest BCUT2D eigenvalue weighted by Crippen LogP contribution is 2.33. The number of ketones is 1. The lowest BCUT2D eigenvalue weighted by molar-refractivity contribution is -0.163. The van der Waals surface area contributed by atoms with E-state index in [0.717, 1.165) is 18.6 Å². The molecule has 2 amide bonds. The summed E-state index contributed by atoms with van der Waals surface area (Å²) in [7, 11) is 0. The van der Waals surface area contributed by atoms with Crippen molar-refractivity contribution in [2.45, 2.75) is 61.3 Å². The maximum atomic E-state index is 11.8. The number of hydrogen-bond donors (Lipinski definition) is 6. The maximum absolute atomic E-state index is 11.8. The fourth-order valence-corrected chi connectivity index (χ4v) is 4.68. The average Bonchev–Trinajstić information content (AvgIpc) is 3.20. The molecule has 11 heteroatoms. The molecule has 6 atom stereocenters. The summed E-state index contributed by atoms with van der Waals surface area (Å²) in [5, 5.41) is 42.7. The number of thioether (sulfide) groups is 1. The summed E-state index contributed by atoms with van der Waals surface area (Å²) < 4.78 is 4.87. The van der Waals surface area contributed by atoms with E-state index in [4.69, 9.17) is 9.84 Å². The van der Waals surface area contributed by atoms with E-state index in [-0.39, 0.29) is 29.8 Å². The number of esters is 1. The quantitative estimate of drug-likeness (QED) is 0.128. The second kappa shape index (κ2) is 10.2. The van der Waals surface area contributed by atoms with Crippen molar-refractivity contribution in [1.82, 2.24) is 10.6 Å². The molecule has 0 bridgehead atoms. The lowest BCUT2D eigenvalue weighted by Gasteiger charge is -2.20. The van der Waals surface area contributed by atoms with Gasteiger partial charge in [-0.3, -0.25) is 9.59 Å². The Morgan fingerprint density at radius 2 is 1.93 bits per heavy atom. The number of urea groups is 1. The smallest absolute Gasteiger partial charge is 0.315 e. The van der Waals surface area contributed by atoms with Crippen LogP contribution in [0.5, 0.6) is 0 Å². The molecule has 2 rings (SSSR count). The topological polar surface area (TPSA) is 165 Å². The number of ether oxygens (including phenoxy) is 1. The number of hydrogen-bond acceptors (Lipinski definition) is 9. The van der Waals surface area contributed by atoms with Crippen LogP contribution in [-0.4, -0.2) is 92.8 Å². The summed E-state index contributed by atoms with van der Waals surface area (Å²) in [6, 6.07) is 0.104. The fourth-order valence-electron chi connectivity index (χ4n) is 3.14. The van der Waals surface area contributed by atoms with Gasteiger partial charge in [0.1, 0.15) is 12.2 Å². The van der Waals surface area contributed by atoms with E-state index in [1.807, 2.05) is 0 Å². The molecular weight excluding hydrogens is 380 g/mol. The summed E-state index contributed by atoms with van der Waals surface area (Å²) in [6.07, 6.45) is -3.12. The summed E-state index contributed by atoms with van der Waals surface area (Å²) in [5.74, 6) is -0.899. The van der Waals surface area contributed by atoms with Gasteiger partial charge in [-0.2, -0.15) is 11.8 Å². The first-order valence-electron chi connectivity index (χ1n) is 8.87. The van der Waals surface area contributed by atoms with Gasteiger partial charge in [0.2, 0.25) is 5.78 Å². The molecule has 0 aromatic rings. The van der Waals surface area contributed by atoms with Gasteiger partial charge in [-0.25, -0.2) is 4.79 Å². The minimum Gasteiger partial charge on any atom is -0.452 e. The third-order valence-corrected chi connectivity index (χ3v) is 6.17. The van der Waals surface area contributed by atoms with Crippen molar-refractivity contribution in [3.05, 3.63) is 0 Å². The molecule has 0 aliphatic carbocycles. The van der Waals surface area contributed by atoms with E-state index in [9.17, 15) is 29.7 Å². The molecule has 0 radical (unpaired) electrons. The van der Waals surface area contributed by atoms with Crippen LogP contribution in [0, 0.1) is 0 Å². The summed E-state index contributed by atoms with van der Waals surface area (Å²) in [4.78, 5) is 35.0. The van der Waals surface area contributed by atoms with Crippen LogP contribution in [0.4, 0.5) is 4.79 Å². The van der Waals surface area contributed by atoms with E-state index in [0.29, 0.717) is 6.42 Å². The van der Waals surface area contributed by atoms with Crippen LogP contribution in [-0.2, 0) is 14.3 Å². The zero-order valence-corrected chi connectivity index (χ0v) is 15.6. The Morgan fingerprint density at radius 3 is 2.59 bits per heavy atom. The van der Waals surface area contributed by atoms with Gasteiger partial charge in [0.25, 0.3) is 0 Å². The molecule has 0 aromatic carbocycles. The number of Topliss-reactive ketones (excluding diaryl/α,β-unsaturated/α-hetero) is 1. The van der Waals surface area contributed by atoms with Gasteiger partial charge in [-0.15, -0.1) is 0 Å². The Hall–Kier alpha value is -1.40. The fraction of sp³-hybridized carbons (Fsp3) is 0.812. The maximum Gasteiger partial charge on any atom is 0.315 e. The van der Waals surface area contributed by atoms with E-state index >= 15 is 0 Å². The van der Waals surface area contributed by atoms with E-state index in [1.54, 1.807) is 11.8 Å². The Morgan fingerprint density at radius 1 is 1.19 bits per heavy atom. The molecule has 2 heterocycles. The second-order valence-corrected chi connectivity index (χ2v) is 7.90. The highest BCUT2D eigenvalue weighted by atomic mass is 32.2. The number of rotatable bonds is 11. The Balaban J connectivity index is 1.67. The highest BCUT2D eigenvalue weighted by Gasteiger charge is 2.42. The standard InChI is InChI=1S/C16H26N2O8S/c19-5-9(21)14(23)15(24)10(6-20)26-12(22)4-2-1-3-11-13-8(7-27-11)17-16(25)18-13/h8-11,13-14,19-21,23H,1-7H2,(H2,17,18,25)/t8-,9+,10+,11-,13-,14+/m0/s1. The molecule has 2 aliphatic heterocycles. The largest absolute Gasteiger partial charge is 0.452 e. The van der Waals surface area contributed by atoms with Crippen LogP contribution in [0.2, 0.25) is 0 Å². The zero-order valence-electron chi connectivity index (χ0n) is 14.7. The molecular formula is C16H26N2O8S. The average molecular weight is 406 g/mol. The summed E-state index contributed by atoms with van der Waals surface area (Å²) in [5.41, 5.74) is 0. The Bertz CT molecular complexity index is 549. The van der Waals surface area contributed by atoms with Crippen LogP contribution in [0.1, 0.15) is 25.7 Å². The van der Waals surface area contributed by atoms with Gasteiger partial charge in [0, 0.05) is 17.4 Å². The van der Waals surface area contributed by atoms with Crippen LogP contribution >= 0.6 is 11.8 Å². The minimum atomic E-state index is -1.94. The van der Waals surface area contributed by atoms with Crippen molar-refractivity contribution < 1.29 is 39.5 Å². The first-order valence-corrected chi connectivity index (χ1v) is 9.92. The van der Waals surface area contributed by atoms with Gasteiger partial charge in [-0.1, -0.05) is 6.42 Å². The molecule has 27 heavy (non-hydrogen) atoms. The first-order chi connectivity index (χ1) is 12.9. The van der Waals surface area contributed by atoms with E-state index in [2.05, 4.69) is 10.6 Å². The number of nitrogens with one attached hydrogen (secondary N) is 2. The lowest BCUT2D eigenvalue weighted by atomic mass is 10.0. The molecule has 6 N–H and O–H groups in total. The zero-order chi connectivity index (χ0) is 20.0. The van der Waals surface area contributed by atoms with Crippen LogP contribution in [0.15, 0.2) is 0 Å². The van der Waals surface area contributed by atoms with Gasteiger partial charge in [0.15, 0.2) is 6.10 Å². The van der Waals surface area contributed by atoms with Gasteiger partial charge >= 0.3 is 12.0 Å². The number of aliphatic hydroxyl groups is 4. The van der Waals surface area contributed by atoms with Crippen molar-refractivity contribution in [3.63, 3.8) is 0 Å². The third kappa shape index (κ3) is 5.79.